The standard InChI is InChI=1S/C21H21NO4/c1-12-4-7-17-15(10-20(23)26-19(17)8-12)11-25-21(24)18-9-13(2)22(14(18)3)16-5-6-16/h4,7-10,16H,5-6,11H2,1-3H3. The highest BCUT2D eigenvalue weighted by Gasteiger charge is 2.28. The van der Waals surface area contributed by atoms with Gasteiger partial charge in [-0.05, 0) is 51.3 Å². The minimum atomic E-state index is -0.443. The van der Waals surface area contributed by atoms with E-state index in [0.717, 1.165) is 35.2 Å². The lowest BCUT2D eigenvalue weighted by atomic mass is 10.1. The maximum atomic E-state index is 12.6. The third kappa shape index (κ3) is 2.94. The molecule has 134 valence electrons. The van der Waals surface area contributed by atoms with Crippen molar-refractivity contribution in [1.29, 1.82) is 0 Å². The van der Waals surface area contributed by atoms with Crippen LogP contribution in [0.4, 0.5) is 0 Å². The Bertz CT molecular complexity index is 1070. The number of hydrogen-bond acceptors (Lipinski definition) is 4. The van der Waals surface area contributed by atoms with Crippen LogP contribution in [0.5, 0.6) is 0 Å². The highest BCUT2D eigenvalue weighted by molar-refractivity contribution is 5.91. The fourth-order valence-corrected chi connectivity index (χ4v) is 3.56. The molecule has 0 bridgehead atoms. The third-order valence-corrected chi connectivity index (χ3v) is 4.96. The highest BCUT2D eigenvalue weighted by Crippen LogP contribution is 2.38. The summed E-state index contributed by atoms with van der Waals surface area (Å²) in [5.41, 5.74) is 4.35. The van der Waals surface area contributed by atoms with Crippen LogP contribution in [0.1, 0.15) is 51.8 Å². The molecule has 0 saturated heterocycles. The molecule has 4 rings (SSSR count). The van der Waals surface area contributed by atoms with Gasteiger partial charge in [0.2, 0.25) is 0 Å². The summed E-state index contributed by atoms with van der Waals surface area (Å²) in [6.45, 7) is 5.94. The quantitative estimate of drug-likeness (QED) is 0.522. The van der Waals surface area contributed by atoms with Crippen molar-refractivity contribution in [2.24, 2.45) is 0 Å². The van der Waals surface area contributed by atoms with E-state index in [4.69, 9.17) is 9.15 Å². The molecule has 0 radical (unpaired) electrons. The van der Waals surface area contributed by atoms with Crippen LogP contribution in [0.2, 0.25) is 0 Å². The van der Waals surface area contributed by atoms with E-state index >= 15 is 0 Å². The zero-order chi connectivity index (χ0) is 18.4. The summed E-state index contributed by atoms with van der Waals surface area (Å²) in [7, 11) is 0. The molecule has 5 nitrogen and oxygen atoms in total. The summed E-state index contributed by atoms with van der Waals surface area (Å²) in [5.74, 6) is -0.362. The van der Waals surface area contributed by atoms with Crippen molar-refractivity contribution in [3.05, 3.63) is 68.8 Å². The molecule has 0 amide bonds. The van der Waals surface area contributed by atoms with Gasteiger partial charge in [-0.1, -0.05) is 12.1 Å². The van der Waals surface area contributed by atoms with Crippen LogP contribution in [0.25, 0.3) is 11.0 Å². The SMILES string of the molecule is Cc1ccc2c(COC(=O)c3cc(C)n(C4CC4)c3C)cc(=O)oc2c1. The Morgan fingerprint density at radius 3 is 2.69 bits per heavy atom. The molecule has 0 atom stereocenters. The number of fused-ring (bicyclic) bond motifs is 1. The van der Waals surface area contributed by atoms with Crippen molar-refractivity contribution in [1.82, 2.24) is 4.57 Å². The van der Waals surface area contributed by atoms with Gasteiger partial charge in [0.15, 0.2) is 0 Å². The van der Waals surface area contributed by atoms with E-state index in [1.165, 1.54) is 6.07 Å². The smallest absolute Gasteiger partial charge is 0.340 e. The van der Waals surface area contributed by atoms with Crippen molar-refractivity contribution in [3.63, 3.8) is 0 Å². The van der Waals surface area contributed by atoms with E-state index in [2.05, 4.69) is 4.57 Å². The first-order valence-electron chi connectivity index (χ1n) is 8.83. The van der Waals surface area contributed by atoms with Gasteiger partial charge in [-0.25, -0.2) is 9.59 Å². The van der Waals surface area contributed by atoms with Gasteiger partial charge in [0.05, 0.1) is 5.56 Å². The number of hydrogen-bond donors (Lipinski definition) is 0. The second-order valence-electron chi connectivity index (χ2n) is 7.05. The molecule has 0 unspecified atom stereocenters. The Balaban J connectivity index is 1.60. The van der Waals surface area contributed by atoms with E-state index in [0.29, 0.717) is 22.8 Å². The second kappa shape index (κ2) is 6.16. The summed E-state index contributed by atoms with van der Waals surface area (Å²) in [4.78, 5) is 24.4. The Morgan fingerprint density at radius 2 is 1.96 bits per heavy atom. The predicted molar refractivity (Wildman–Crippen MR) is 98.5 cm³/mol. The summed E-state index contributed by atoms with van der Waals surface area (Å²) >= 11 is 0. The van der Waals surface area contributed by atoms with Crippen LogP contribution in [-0.4, -0.2) is 10.5 Å². The molecule has 1 fully saturated rings. The first kappa shape index (κ1) is 16.6. The highest BCUT2D eigenvalue weighted by atomic mass is 16.5. The number of rotatable bonds is 4. The molecule has 3 aromatic rings. The van der Waals surface area contributed by atoms with Crippen LogP contribution in [0.15, 0.2) is 39.5 Å². The summed E-state index contributed by atoms with van der Waals surface area (Å²) in [6, 6.07) is 9.43. The number of aryl methyl sites for hydroxylation is 2. The molecule has 5 heteroatoms. The Morgan fingerprint density at radius 1 is 1.19 bits per heavy atom. The minimum Gasteiger partial charge on any atom is -0.457 e. The minimum absolute atomic E-state index is 0.0388. The van der Waals surface area contributed by atoms with Crippen molar-refractivity contribution < 1.29 is 13.9 Å². The largest absolute Gasteiger partial charge is 0.457 e. The predicted octanol–water partition coefficient (Wildman–Crippen LogP) is 4.21. The van der Waals surface area contributed by atoms with Gasteiger partial charge >= 0.3 is 11.6 Å². The van der Waals surface area contributed by atoms with Gasteiger partial charge in [-0.15, -0.1) is 0 Å². The van der Waals surface area contributed by atoms with E-state index in [9.17, 15) is 9.59 Å². The average Bonchev–Trinajstić information content (AvgIpc) is 3.37. The zero-order valence-electron chi connectivity index (χ0n) is 15.2. The average molecular weight is 351 g/mol. The molecule has 1 aromatic carbocycles. The molecule has 0 N–H and O–H groups in total. The van der Waals surface area contributed by atoms with E-state index < -0.39 is 5.63 Å². The summed E-state index contributed by atoms with van der Waals surface area (Å²) < 4.78 is 13.0. The molecule has 2 heterocycles. The molecule has 0 spiro atoms. The van der Waals surface area contributed by atoms with E-state index in [1.54, 1.807) is 0 Å². The number of carbonyl (C=O) groups excluding carboxylic acids is 1. The number of carbonyl (C=O) groups is 1. The topological polar surface area (TPSA) is 61.4 Å². The number of aromatic nitrogens is 1. The lowest BCUT2D eigenvalue weighted by molar-refractivity contribution is 0.0473. The number of nitrogens with zero attached hydrogens (tertiary/aromatic N) is 1. The van der Waals surface area contributed by atoms with Gasteiger partial charge in [-0.3, -0.25) is 0 Å². The Kier molecular flexibility index (Phi) is 3.94. The lowest BCUT2D eigenvalue weighted by Crippen LogP contribution is -2.09. The molecule has 1 aliphatic carbocycles. The van der Waals surface area contributed by atoms with Crippen LogP contribution in [0, 0.1) is 20.8 Å². The van der Waals surface area contributed by atoms with Gasteiger partial charge in [-0.2, -0.15) is 0 Å². The second-order valence-corrected chi connectivity index (χ2v) is 7.05. The Labute approximate surface area is 151 Å². The first-order chi connectivity index (χ1) is 12.4. The van der Waals surface area contributed by atoms with Crippen molar-refractivity contribution in [2.75, 3.05) is 0 Å². The molecule has 1 saturated carbocycles. The van der Waals surface area contributed by atoms with Crippen LogP contribution < -0.4 is 5.63 Å². The van der Waals surface area contributed by atoms with Gasteiger partial charge in [0, 0.05) is 34.4 Å². The molecule has 2 aromatic heterocycles. The number of esters is 1. The van der Waals surface area contributed by atoms with E-state index in [1.807, 2.05) is 45.0 Å². The zero-order valence-corrected chi connectivity index (χ0v) is 15.2. The fraction of sp³-hybridized carbons (Fsp3) is 0.333. The van der Waals surface area contributed by atoms with Crippen molar-refractivity contribution in [2.45, 2.75) is 46.3 Å². The van der Waals surface area contributed by atoms with Crippen molar-refractivity contribution in [3.8, 4) is 0 Å². The molecular formula is C21H21NO4. The third-order valence-electron chi connectivity index (χ3n) is 4.96. The molecule has 1 aliphatic rings. The van der Waals surface area contributed by atoms with Gasteiger partial charge in [0.1, 0.15) is 12.2 Å². The van der Waals surface area contributed by atoms with Crippen LogP contribution in [-0.2, 0) is 11.3 Å². The summed E-state index contributed by atoms with van der Waals surface area (Å²) in [6.07, 6.45) is 2.33. The maximum absolute atomic E-state index is 12.6. The Hall–Kier alpha value is -2.82. The van der Waals surface area contributed by atoms with Crippen LogP contribution >= 0.6 is 0 Å². The van der Waals surface area contributed by atoms with Crippen LogP contribution in [0.3, 0.4) is 0 Å². The summed E-state index contributed by atoms with van der Waals surface area (Å²) in [5, 5.41) is 0.784. The number of benzene rings is 1. The molecular weight excluding hydrogens is 330 g/mol. The normalized spacial score (nSPS) is 14.0. The van der Waals surface area contributed by atoms with Crippen molar-refractivity contribution >= 4 is 16.9 Å². The van der Waals surface area contributed by atoms with Gasteiger partial charge < -0.3 is 13.7 Å². The van der Waals surface area contributed by atoms with E-state index in [-0.39, 0.29) is 12.6 Å². The fourth-order valence-electron chi connectivity index (χ4n) is 3.56. The maximum Gasteiger partial charge on any atom is 0.340 e. The first-order valence-corrected chi connectivity index (χ1v) is 8.83. The molecule has 0 aliphatic heterocycles. The lowest BCUT2D eigenvalue weighted by Gasteiger charge is -2.09. The van der Waals surface area contributed by atoms with Gasteiger partial charge in [0.25, 0.3) is 0 Å². The number of ether oxygens (including phenoxy) is 1. The monoisotopic (exact) mass is 351 g/mol. The molecule has 26 heavy (non-hydrogen) atoms.